The van der Waals surface area contributed by atoms with E-state index in [0.29, 0.717) is 0 Å². The maximum Gasteiger partial charge on any atom is 0.169 e. The lowest BCUT2D eigenvalue weighted by Gasteiger charge is -2.31. The van der Waals surface area contributed by atoms with E-state index in [4.69, 9.17) is 14.6 Å². The fourth-order valence-electron chi connectivity index (χ4n) is 2.34. The van der Waals surface area contributed by atoms with Crippen molar-refractivity contribution in [1.29, 1.82) is 0 Å². The lowest BCUT2D eigenvalue weighted by Crippen LogP contribution is -2.33. The number of hydrogen-bond donors (Lipinski definition) is 1. The quantitative estimate of drug-likeness (QED) is 0.738. The van der Waals surface area contributed by atoms with Gasteiger partial charge in [0.05, 0.1) is 6.61 Å². The molecule has 4 heteroatoms. The summed E-state index contributed by atoms with van der Waals surface area (Å²) in [5.41, 5.74) is 0. The van der Waals surface area contributed by atoms with Crippen molar-refractivity contribution >= 4 is 0 Å². The van der Waals surface area contributed by atoms with Crippen LogP contribution in [0.15, 0.2) is 0 Å². The number of rotatable bonds is 2. The van der Waals surface area contributed by atoms with Crippen molar-refractivity contribution in [2.24, 2.45) is 0 Å². The van der Waals surface area contributed by atoms with Crippen LogP contribution in [-0.4, -0.2) is 36.4 Å². The highest BCUT2D eigenvalue weighted by molar-refractivity contribution is 4.87. The van der Waals surface area contributed by atoms with Gasteiger partial charge in [-0.25, -0.2) is 4.39 Å². The number of hydrogen-bond acceptors (Lipinski definition) is 3. The molecule has 2 fully saturated rings. The van der Waals surface area contributed by atoms with Crippen LogP contribution < -0.4 is 0 Å². The number of aliphatic hydroxyl groups is 1. The Hall–Kier alpha value is -0.190. The minimum atomic E-state index is -0.581. The Balaban J connectivity index is 2.01. The molecule has 2 atom stereocenters. The van der Waals surface area contributed by atoms with E-state index in [1.54, 1.807) is 0 Å². The maximum atomic E-state index is 12.6. The summed E-state index contributed by atoms with van der Waals surface area (Å²) in [4.78, 5) is 0. The largest absolute Gasteiger partial charge is 0.394 e. The summed E-state index contributed by atoms with van der Waals surface area (Å²) in [7, 11) is 0. The zero-order valence-electron chi connectivity index (χ0n) is 8.25. The highest BCUT2D eigenvalue weighted by atomic mass is 19.1. The molecule has 0 aromatic carbocycles. The molecule has 2 aliphatic rings. The van der Waals surface area contributed by atoms with Gasteiger partial charge in [0.1, 0.15) is 18.9 Å². The molecule has 0 bridgehead atoms. The van der Waals surface area contributed by atoms with Gasteiger partial charge >= 0.3 is 0 Å². The summed E-state index contributed by atoms with van der Waals surface area (Å²) in [6, 6.07) is 0. The Morgan fingerprint density at radius 2 is 1.79 bits per heavy atom. The Morgan fingerprint density at radius 3 is 2.29 bits per heavy atom. The van der Waals surface area contributed by atoms with Crippen LogP contribution in [0.5, 0.6) is 0 Å². The molecule has 14 heavy (non-hydrogen) atoms. The van der Waals surface area contributed by atoms with Crippen LogP contribution in [0.4, 0.5) is 4.39 Å². The zero-order chi connectivity index (χ0) is 10.0. The van der Waals surface area contributed by atoms with E-state index >= 15 is 0 Å². The summed E-state index contributed by atoms with van der Waals surface area (Å²) < 4.78 is 23.8. The molecular weight excluding hydrogens is 187 g/mol. The minimum Gasteiger partial charge on any atom is -0.394 e. The lowest BCUT2D eigenvalue weighted by atomic mass is 9.94. The third kappa shape index (κ3) is 1.78. The Bertz CT molecular complexity index is 178. The molecule has 0 radical (unpaired) electrons. The topological polar surface area (TPSA) is 38.7 Å². The Morgan fingerprint density at radius 1 is 1.14 bits per heavy atom. The average molecular weight is 204 g/mol. The van der Waals surface area contributed by atoms with E-state index in [-0.39, 0.29) is 6.61 Å². The molecule has 1 spiro atoms. The van der Waals surface area contributed by atoms with Gasteiger partial charge in [-0.05, 0) is 12.8 Å². The minimum absolute atomic E-state index is 0.156. The van der Waals surface area contributed by atoms with E-state index in [1.807, 2.05) is 0 Å². The second-order valence-corrected chi connectivity index (χ2v) is 4.12. The second kappa shape index (κ2) is 4.13. The van der Waals surface area contributed by atoms with Crippen molar-refractivity contribution < 1.29 is 19.0 Å². The molecule has 3 nitrogen and oxygen atoms in total. The SMILES string of the molecule is OC[C@@H]1OC2(CCCCC2)O[C@H]1CF. The van der Waals surface area contributed by atoms with Crippen molar-refractivity contribution in [3.8, 4) is 0 Å². The summed E-state index contributed by atoms with van der Waals surface area (Å²) in [5, 5.41) is 9.01. The molecule has 0 unspecified atom stereocenters. The lowest BCUT2D eigenvalue weighted by molar-refractivity contribution is -0.196. The van der Waals surface area contributed by atoms with Crippen molar-refractivity contribution in [3.63, 3.8) is 0 Å². The van der Waals surface area contributed by atoms with Gasteiger partial charge < -0.3 is 14.6 Å². The molecule has 2 rings (SSSR count). The molecular formula is C10H17FO3. The summed E-state index contributed by atoms with van der Waals surface area (Å²) in [6.45, 7) is -0.733. The van der Waals surface area contributed by atoms with E-state index < -0.39 is 24.7 Å². The van der Waals surface area contributed by atoms with Crippen LogP contribution in [0.3, 0.4) is 0 Å². The first-order valence-electron chi connectivity index (χ1n) is 5.32. The summed E-state index contributed by atoms with van der Waals surface area (Å²) >= 11 is 0. The van der Waals surface area contributed by atoms with Gasteiger partial charge in [0, 0.05) is 12.8 Å². The summed E-state index contributed by atoms with van der Waals surface area (Å²) in [5.74, 6) is -0.581. The Kier molecular flexibility index (Phi) is 3.04. The van der Waals surface area contributed by atoms with Gasteiger partial charge in [0.2, 0.25) is 0 Å². The number of halogens is 1. The fourth-order valence-corrected chi connectivity index (χ4v) is 2.34. The Labute approximate surface area is 83.2 Å². The molecule has 1 heterocycles. The molecule has 0 amide bonds. The zero-order valence-corrected chi connectivity index (χ0v) is 8.25. The highest BCUT2D eigenvalue weighted by Gasteiger charge is 2.47. The molecule has 1 saturated carbocycles. The van der Waals surface area contributed by atoms with E-state index in [9.17, 15) is 4.39 Å². The predicted molar refractivity (Wildman–Crippen MR) is 48.6 cm³/mol. The van der Waals surface area contributed by atoms with Crippen molar-refractivity contribution in [2.45, 2.75) is 50.1 Å². The first-order valence-corrected chi connectivity index (χ1v) is 5.32. The van der Waals surface area contributed by atoms with Crippen LogP contribution in [0, 0.1) is 0 Å². The van der Waals surface area contributed by atoms with Gasteiger partial charge in [-0.2, -0.15) is 0 Å². The van der Waals surface area contributed by atoms with E-state index in [1.165, 1.54) is 6.42 Å². The van der Waals surface area contributed by atoms with Crippen LogP contribution in [0.25, 0.3) is 0 Å². The fraction of sp³-hybridized carbons (Fsp3) is 1.00. The van der Waals surface area contributed by atoms with Crippen LogP contribution in [0.2, 0.25) is 0 Å². The average Bonchev–Trinajstić information content (AvgIpc) is 2.57. The van der Waals surface area contributed by atoms with Crippen molar-refractivity contribution in [3.05, 3.63) is 0 Å². The standard InChI is InChI=1S/C10H17FO3/c11-6-8-9(7-12)14-10(13-8)4-2-1-3-5-10/h8-9,12H,1-7H2/t8-,9-/m0/s1. The third-order valence-electron chi connectivity index (χ3n) is 3.09. The number of ether oxygens (including phenoxy) is 2. The molecule has 1 saturated heterocycles. The van der Waals surface area contributed by atoms with Crippen LogP contribution in [0.1, 0.15) is 32.1 Å². The highest BCUT2D eigenvalue weighted by Crippen LogP contribution is 2.40. The predicted octanol–water partition coefficient (Wildman–Crippen LogP) is 1.39. The van der Waals surface area contributed by atoms with Gasteiger partial charge in [-0.1, -0.05) is 6.42 Å². The van der Waals surface area contributed by atoms with Gasteiger partial charge in [-0.3, -0.25) is 0 Å². The smallest absolute Gasteiger partial charge is 0.169 e. The van der Waals surface area contributed by atoms with E-state index in [2.05, 4.69) is 0 Å². The molecule has 0 aromatic heterocycles. The number of alkyl halides is 1. The maximum absolute atomic E-state index is 12.6. The van der Waals surface area contributed by atoms with Crippen molar-refractivity contribution in [2.75, 3.05) is 13.3 Å². The first kappa shape index (κ1) is 10.3. The molecule has 1 N–H and O–H groups in total. The second-order valence-electron chi connectivity index (χ2n) is 4.12. The van der Waals surface area contributed by atoms with Gasteiger partial charge in [0.25, 0.3) is 0 Å². The molecule has 1 aliphatic carbocycles. The van der Waals surface area contributed by atoms with Crippen molar-refractivity contribution in [1.82, 2.24) is 0 Å². The first-order chi connectivity index (χ1) is 6.79. The van der Waals surface area contributed by atoms with E-state index in [0.717, 1.165) is 25.7 Å². The van der Waals surface area contributed by atoms with Gasteiger partial charge in [-0.15, -0.1) is 0 Å². The molecule has 0 aromatic rings. The van der Waals surface area contributed by atoms with Crippen LogP contribution in [-0.2, 0) is 9.47 Å². The summed E-state index contributed by atoms with van der Waals surface area (Å²) in [6.07, 6.45) is 3.95. The normalized spacial score (nSPS) is 36.4. The monoisotopic (exact) mass is 204 g/mol. The van der Waals surface area contributed by atoms with Crippen LogP contribution >= 0.6 is 0 Å². The molecule has 1 aliphatic heterocycles. The third-order valence-corrected chi connectivity index (χ3v) is 3.09. The molecule has 82 valence electrons. The van der Waals surface area contributed by atoms with Gasteiger partial charge in [0.15, 0.2) is 5.79 Å². The number of aliphatic hydroxyl groups excluding tert-OH is 1.